The Labute approximate surface area is 504 Å². The standard InChI is InChI=1S/C57H114O26S/c1-3-5-6-7-8-9-10-11-12-14-81-56-57(55-80-13-4-2)82-53-51-78-49-47-76-45-43-74-41-39-72-37-35-70-33-31-68-29-27-66-25-23-64-21-19-62-17-15-61-16-18-63-20-22-65-24-26-67-28-30-69-32-34-71-36-38-73-40-42-75-44-46-77-48-50-79-52-54-83-84(58,59)60/h4,57H,2-3,5-56H2,1H3,(H,58,59,60)/p-1. The van der Waals surface area contributed by atoms with E-state index in [1.807, 2.05) is 0 Å². The van der Waals surface area contributed by atoms with E-state index in [1.54, 1.807) is 6.08 Å². The third kappa shape index (κ3) is 76.8. The lowest BCUT2D eigenvalue weighted by Crippen LogP contribution is -2.28. The monoisotopic (exact) mass is 1250 g/mol. The maximum absolute atomic E-state index is 10.3. The van der Waals surface area contributed by atoms with Crippen molar-refractivity contribution in [1.29, 1.82) is 0 Å². The second kappa shape index (κ2) is 74.2. The van der Waals surface area contributed by atoms with Gasteiger partial charge in [0.15, 0.2) is 0 Å². The van der Waals surface area contributed by atoms with Gasteiger partial charge in [0.2, 0.25) is 10.4 Å². The van der Waals surface area contributed by atoms with Crippen molar-refractivity contribution in [3.05, 3.63) is 12.7 Å². The van der Waals surface area contributed by atoms with E-state index in [1.165, 1.54) is 51.4 Å². The Morgan fingerprint density at radius 2 is 0.500 bits per heavy atom. The lowest BCUT2D eigenvalue weighted by Gasteiger charge is -2.18. The van der Waals surface area contributed by atoms with Crippen LogP contribution < -0.4 is 0 Å². The van der Waals surface area contributed by atoms with E-state index in [0.717, 1.165) is 13.0 Å². The summed E-state index contributed by atoms with van der Waals surface area (Å²) in [5.74, 6) is 0. The lowest BCUT2D eigenvalue weighted by atomic mass is 10.1. The van der Waals surface area contributed by atoms with Crippen LogP contribution in [0.25, 0.3) is 0 Å². The summed E-state index contributed by atoms with van der Waals surface area (Å²) in [5, 5.41) is 0. The molecule has 1 atom stereocenters. The minimum absolute atomic E-state index is 0.0172. The van der Waals surface area contributed by atoms with Gasteiger partial charge < -0.3 is 109 Å². The number of hydrogen-bond acceptors (Lipinski definition) is 26. The Bertz CT molecular complexity index is 1330. The first-order valence-electron chi connectivity index (χ1n) is 30.4. The molecule has 0 aromatic rings. The van der Waals surface area contributed by atoms with Crippen molar-refractivity contribution < 1.29 is 121 Å². The van der Waals surface area contributed by atoms with Crippen LogP contribution in [0.5, 0.6) is 0 Å². The molecule has 26 nitrogen and oxygen atoms in total. The van der Waals surface area contributed by atoms with Crippen LogP contribution in [0.3, 0.4) is 0 Å². The van der Waals surface area contributed by atoms with Gasteiger partial charge in [-0.15, -0.1) is 6.58 Å². The van der Waals surface area contributed by atoms with Crippen molar-refractivity contribution in [1.82, 2.24) is 0 Å². The van der Waals surface area contributed by atoms with E-state index in [2.05, 4.69) is 17.7 Å². The molecule has 0 saturated heterocycles. The van der Waals surface area contributed by atoms with Crippen LogP contribution in [-0.2, 0) is 119 Å². The molecular weight excluding hydrogens is 1130 g/mol. The predicted molar refractivity (Wildman–Crippen MR) is 310 cm³/mol. The molecule has 0 spiro atoms. The molecule has 0 radical (unpaired) electrons. The average molecular weight is 1250 g/mol. The van der Waals surface area contributed by atoms with E-state index in [4.69, 9.17) is 104 Å². The summed E-state index contributed by atoms with van der Waals surface area (Å²) in [6.45, 7) is 25.2. The van der Waals surface area contributed by atoms with Gasteiger partial charge in [-0.3, -0.25) is 4.18 Å². The Morgan fingerprint density at radius 3 is 0.738 bits per heavy atom. The highest BCUT2D eigenvalue weighted by atomic mass is 32.3. The quantitative estimate of drug-likeness (QED) is 0.0361. The Morgan fingerprint density at radius 1 is 0.286 bits per heavy atom. The summed E-state index contributed by atoms with van der Waals surface area (Å²) in [5.41, 5.74) is 0. The van der Waals surface area contributed by atoms with Crippen molar-refractivity contribution in [2.45, 2.75) is 70.8 Å². The first-order chi connectivity index (χ1) is 41.5. The fraction of sp³-hybridized carbons (Fsp3) is 0.965. The van der Waals surface area contributed by atoms with Gasteiger partial charge in [0.05, 0.1) is 284 Å². The number of unbranched alkanes of at least 4 members (excludes halogenated alkanes) is 8. The number of ether oxygens (including phenoxy) is 22. The topological polar surface area (TPSA) is 269 Å². The van der Waals surface area contributed by atoms with Crippen molar-refractivity contribution in [3.8, 4) is 0 Å². The highest BCUT2D eigenvalue weighted by molar-refractivity contribution is 7.80. The van der Waals surface area contributed by atoms with Gasteiger partial charge in [0, 0.05) is 6.61 Å². The van der Waals surface area contributed by atoms with Crippen molar-refractivity contribution in [2.75, 3.05) is 291 Å². The molecule has 504 valence electrons. The number of hydrogen-bond donors (Lipinski definition) is 0. The fourth-order valence-electron chi connectivity index (χ4n) is 6.69. The SMILES string of the molecule is C=CCOCC(COCCCCCCCCCCC)OCCOCCOCCOCCOCCOCCOCCOCCOCCOCCOCCOCCOCCOCCOCCOCCOCCOCCOCCOCCOS(=O)(=O)[O-]. The summed E-state index contributed by atoms with van der Waals surface area (Å²) in [7, 11) is -4.69. The van der Waals surface area contributed by atoms with Crippen LogP contribution in [-0.4, -0.2) is 310 Å². The Kier molecular flexibility index (Phi) is 73.1. The van der Waals surface area contributed by atoms with Crippen LogP contribution in [0.15, 0.2) is 12.7 Å². The second-order valence-electron chi connectivity index (χ2n) is 18.1. The van der Waals surface area contributed by atoms with Gasteiger partial charge in [-0.1, -0.05) is 64.4 Å². The van der Waals surface area contributed by atoms with Crippen molar-refractivity contribution in [2.24, 2.45) is 0 Å². The molecule has 0 saturated carbocycles. The van der Waals surface area contributed by atoms with Crippen molar-refractivity contribution in [3.63, 3.8) is 0 Å². The van der Waals surface area contributed by atoms with Gasteiger partial charge in [-0.2, -0.15) is 0 Å². The van der Waals surface area contributed by atoms with E-state index >= 15 is 0 Å². The molecule has 0 aromatic carbocycles. The lowest BCUT2D eigenvalue weighted by molar-refractivity contribution is -0.0738. The molecule has 84 heavy (non-hydrogen) atoms. The first-order valence-corrected chi connectivity index (χ1v) is 31.8. The third-order valence-corrected chi connectivity index (χ3v) is 11.4. The molecule has 0 rings (SSSR count). The maximum Gasteiger partial charge on any atom is 0.217 e. The summed E-state index contributed by atoms with van der Waals surface area (Å²) < 4.78 is 156. The molecule has 0 aliphatic heterocycles. The van der Waals surface area contributed by atoms with Gasteiger partial charge in [-0.05, 0) is 6.42 Å². The zero-order valence-corrected chi connectivity index (χ0v) is 52.2. The highest BCUT2D eigenvalue weighted by Gasteiger charge is 2.10. The zero-order valence-electron chi connectivity index (χ0n) is 51.4. The van der Waals surface area contributed by atoms with Gasteiger partial charge in [0.25, 0.3) is 0 Å². The molecule has 27 heteroatoms. The van der Waals surface area contributed by atoms with Gasteiger partial charge >= 0.3 is 0 Å². The molecule has 1 unspecified atom stereocenters. The molecule has 0 aliphatic rings. The second-order valence-corrected chi connectivity index (χ2v) is 19.1. The van der Waals surface area contributed by atoms with Crippen LogP contribution in [0.4, 0.5) is 0 Å². The van der Waals surface area contributed by atoms with Crippen LogP contribution in [0.1, 0.15) is 64.7 Å². The summed E-state index contributed by atoms with van der Waals surface area (Å²) in [4.78, 5) is 0. The molecule has 0 N–H and O–H groups in total. The summed E-state index contributed by atoms with van der Waals surface area (Å²) in [6, 6.07) is 0. The van der Waals surface area contributed by atoms with Gasteiger partial charge in [-0.25, -0.2) is 8.42 Å². The predicted octanol–water partition coefficient (Wildman–Crippen LogP) is 3.91. The van der Waals surface area contributed by atoms with Gasteiger partial charge in [0.1, 0.15) is 6.10 Å². The summed E-state index contributed by atoms with van der Waals surface area (Å²) >= 11 is 0. The normalized spacial score (nSPS) is 12.3. The van der Waals surface area contributed by atoms with Crippen LogP contribution >= 0.6 is 0 Å². The Hall–Kier alpha value is -1.27. The van der Waals surface area contributed by atoms with E-state index < -0.39 is 10.4 Å². The first kappa shape index (κ1) is 82.7. The minimum Gasteiger partial charge on any atom is -0.726 e. The fourth-order valence-corrected chi connectivity index (χ4v) is 6.96. The Balaban J connectivity index is 3.22. The van der Waals surface area contributed by atoms with E-state index in [-0.39, 0.29) is 25.9 Å². The average Bonchev–Trinajstić information content (AvgIpc) is 3.48. The number of rotatable bonds is 78. The molecule has 0 bridgehead atoms. The van der Waals surface area contributed by atoms with E-state index in [0.29, 0.717) is 264 Å². The third-order valence-electron chi connectivity index (χ3n) is 11.0. The van der Waals surface area contributed by atoms with E-state index in [9.17, 15) is 13.0 Å². The smallest absolute Gasteiger partial charge is 0.217 e. The molecule has 0 fully saturated rings. The molecular formula is C57H113O26S-. The van der Waals surface area contributed by atoms with Crippen molar-refractivity contribution >= 4 is 10.4 Å². The minimum atomic E-state index is -4.69. The maximum atomic E-state index is 10.3. The van der Waals surface area contributed by atoms with Crippen LogP contribution in [0, 0.1) is 0 Å². The zero-order chi connectivity index (χ0) is 60.5. The molecule has 0 heterocycles. The molecule has 0 aromatic heterocycles. The molecule has 0 amide bonds. The highest BCUT2D eigenvalue weighted by Crippen LogP contribution is 2.10. The largest absolute Gasteiger partial charge is 0.726 e. The molecule has 0 aliphatic carbocycles. The van der Waals surface area contributed by atoms with Crippen LogP contribution in [0.2, 0.25) is 0 Å². The summed E-state index contributed by atoms with van der Waals surface area (Å²) in [6.07, 6.45) is 13.2.